The van der Waals surface area contributed by atoms with Crippen LogP contribution in [-0.4, -0.2) is 29.0 Å². The Balaban J connectivity index is 2.31. The molecule has 0 radical (unpaired) electrons. The van der Waals surface area contributed by atoms with Gasteiger partial charge >= 0.3 is 0 Å². The molecular weight excluding hydrogens is 324 g/mol. The standard InChI is InChI=1S/C17H18N4O2S/c1-23-10-9-21-16(22)14-6-2-3-7-15(14)20-17(21)24-12-13(11-19)5-4-8-18/h2-3,6-7,13H,4-5,9-10,12H2,1H3/t13-/m0/s1. The number of rotatable bonds is 8. The van der Waals surface area contributed by atoms with Crippen molar-refractivity contribution in [2.75, 3.05) is 19.5 Å². The lowest BCUT2D eigenvalue weighted by atomic mass is 10.1. The largest absolute Gasteiger partial charge is 0.383 e. The van der Waals surface area contributed by atoms with Crippen molar-refractivity contribution >= 4 is 22.7 Å². The molecule has 1 aromatic carbocycles. The first-order chi connectivity index (χ1) is 11.7. The highest BCUT2D eigenvalue weighted by Crippen LogP contribution is 2.22. The SMILES string of the molecule is COCCn1c(SC[C@H](C#N)CCC#N)nc2ccccc2c1=O. The molecule has 124 valence electrons. The maximum Gasteiger partial charge on any atom is 0.262 e. The number of ether oxygens (including phenoxy) is 1. The van der Waals surface area contributed by atoms with Crippen LogP contribution >= 0.6 is 11.8 Å². The number of para-hydroxylation sites is 1. The Labute approximate surface area is 144 Å². The van der Waals surface area contributed by atoms with Crippen LogP contribution in [-0.2, 0) is 11.3 Å². The summed E-state index contributed by atoms with van der Waals surface area (Å²) in [5.74, 6) is 0.254. The highest BCUT2D eigenvalue weighted by Gasteiger charge is 2.14. The van der Waals surface area contributed by atoms with Gasteiger partial charge in [-0.05, 0) is 18.6 Å². The lowest BCUT2D eigenvalue weighted by Gasteiger charge is -2.13. The van der Waals surface area contributed by atoms with E-state index >= 15 is 0 Å². The predicted molar refractivity (Wildman–Crippen MR) is 92.6 cm³/mol. The molecular formula is C17H18N4O2S. The van der Waals surface area contributed by atoms with E-state index in [0.717, 1.165) is 0 Å². The van der Waals surface area contributed by atoms with Crippen molar-refractivity contribution in [3.05, 3.63) is 34.6 Å². The summed E-state index contributed by atoms with van der Waals surface area (Å²) in [5, 5.41) is 19.0. The maximum absolute atomic E-state index is 12.7. The molecule has 0 saturated carbocycles. The molecule has 1 heterocycles. The van der Waals surface area contributed by atoms with Gasteiger partial charge in [0.1, 0.15) is 0 Å². The average Bonchev–Trinajstić information content (AvgIpc) is 2.61. The van der Waals surface area contributed by atoms with E-state index in [1.54, 1.807) is 23.8 Å². The molecule has 24 heavy (non-hydrogen) atoms. The fraction of sp³-hybridized carbons (Fsp3) is 0.412. The van der Waals surface area contributed by atoms with Crippen LogP contribution in [0.2, 0.25) is 0 Å². The molecule has 0 aliphatic carbocycles. The summed E-state index contributed by atoms with van der Waals surface area (Å²) in [6.45, 7) is 0.814. The van der Waals surface area contributed by atoms with E-state index < -0.39 is 0 Å². The number of hydrogen-bond donors (Lipinski definition) is 0. The molecule has 0 amide bonds. The summed E-state index contributed by atoms with van der Waals surface area (Å²) in [6, 6.07) is 11.5. The number of fused-ring (bicyclic) bond motifs is 1. The van der Waals surface area contributed by atoms with E-state index in [1.807, 2.05) is 12.1 Å². The Morgan fingerprint density at radius 2 is 2.17 bits per heavy atom. The molecule has 0 N–H and O–H groups in total. The average molecular weight is 342 g/mol. The zero-order chi connectivity index (χ0) is 17.4. The first kappa shape index (κ1) is 18.0. The van der Waals surface area contributed by atoms with Gasteiger partial charge in [0.15, 0.2) is 5.16 Å². The van der Waals surface area contributed by atoms with Gasteiger partial charge in [-0.1, -0.05) is 23.9 Å². The zero-order valence-electron chi connectivity index (χ0n) is 13.4. The minimum Gasteiger partial charge on any atom is -0.383 e. The number of nitriles is 2. The monoisotopic (exact) mass is 342 g/mol. The second kappa shape index (κ2) is 9.07. The molecule has 0 spiro atoms. The fourth-order valence-corrected chi connectivity index (χ4v) is 3.32. The third-order valence-corrected chi connectivity index (χ3v) is 4.69. The molecule has 0 saturated heterocycles. The molecule has 0 aliphatic rings. The molecule has 1 atom stereocenters. The van der Waals surface area contributed by atoms with Crippen LogP contribution in [0.5, 0.6) is 0 Å². The van der Waals surface area contributed by atoms with Gasteiger partial charge in [0.05, 0.1) is 42.1 Å². The van der Waals surface area contributed by atoms with Crippen molar-refractivity contribution in [2.24, 2.45) is 5.92 Å². The van der Waals surface area contributed by atoms with Crippen LogP contribution < -0.4 is 5.56 Å². The number of nitrogens with zero attached hydrogens (tertiary/aromatic N) is 4. The Morgan fingerprint density at radius 1 is 1.38 bits per heavy atom. The van der Waals surface area contributed by atoms with E-state index in [-0.39, 0.29) is 11.5 Å². The van der Waals surface area contributed by atoms with Gasteiger partial charge in [-0.25, -0.2) is 4.98 Å². The number of thioether (sulfide) groups is 1. The van der Waals surface area contributed by atoms with E-state index in [0.29, 0.717) is 47.8 Å². The van der Waals surface area contributed by atoms with Crippen molar-refractivity contribution in [2.45, 2.75) is 24.5 Å². The highest BCUT2D eigenvalue weighted by molar-refractivity contribution is 7.99. The molecule has 1 aromatic heterocycles. The van der Waals surface area contributed by atoms with Crippen molar-refractivity contribution in [3.8, 4) is 12.1 Å². The van der Waals surface area contributed by atoms with Crippen LogP contribution in [0.1, 0.15) is 12.8 Å². The maximum atomic E-state index is 12.7. The van der Waals surface area contributed by atoms with Gasteiger partial charge in [0, 0.05) is 19.3 Å². The summed E-state index contributed by atoms with van der Waals surface area (Å²) in [5.41, 5.74) is 0.537. The number of aromatic nitrogens is 2. The summed E-state index contributed by atoms with van der Waals surface area (Å²) < 4.78 is 6.68. The number of methoxy groups -OCH3 is 1. The first-order valence-electron chi connectivity index (χ1n) is 7.59. The Hall–Kier alpha value is -2.35. The third-order valence-electron chi connectivity index (χ3n) is 3.55. The summed E-state index contributed by atoms with van der Waals surface area (Å²) >= 11 is 1.37. The van der Waals surface area contributed by atoms with Gasteiger partial charge in [-0.3, -0.25) is 9.36 Å². The first-order valence-corrected chi connectivity index (χ1v) is 8.57. The summed E-state index contributed by atoms with van der Waals surface area (Å²) in [7, 11) is 1.58. The third kappa shape index (κ3) is 4.35. The lowest BCUT2D eigenvalue weighted by molar-refractivity contribution is 0.183. The van der Waals surface area contributed by atoms with Crippen molar-refractivity contribution in [3.63, 3.8) is 0 Å². The highest BCUT2D eigenvalue weighted by atomic mass is 32.2. The number of benzene rings is 1. The normalized spacial score (nSPS) is 11.8. The van der Waals surface area contributed by atoms with Gasteiger partial charge in [-0.15, -0.1) is 0 Å². The number of hydrogen-bond acceptors (Lipinski definition) is 6. The smallest absolute Gasteiger partial charge is 0.262 e. The quantitative estimate of drug-likeness (QED) is 0.541. The Kier molecular flexibility index (Phi) is 6.80. The molecule has 2 rings (SSSR count). The zero-order valence-corrected chi connectivity index (χ0v) is 14.3. The summed E-state index contributed by atoms with van der Waals surface area (Å²) in [4.78, 5) is 17.3. The molecule has 7 heteroatoms. The van der Waals surface area contributed by atoms with Crippen LogP contribution in [0.15, 0.2) is 34.2 Å². The molecule has 0 aliphatic heterocycles. The van der Waals surface area contributed by atoms with Crippen LogP contribution in [0, 0.1) is 28.6 Å². The minimum absolute atomic E-state index is 0.106. The topological polar surface area (TPSA) is 91.7 Å². The van der Waals surface area contributed by atoms with E-state index in [2.05, 4.69) is 17.1 Å². The van der Waals surface area contributed by atoms with Crippen LogP contribution in [0.3, 0.4) is 0 Å². The Bertz CT molecular complexity index is 835. The fourth-order valence-electron chi connectivity index (χ4n) is 2.24. The predicted octanol–water partition coefficient (Wildman–Crippen LogP) is 2.58. The molecule has 0 fully saturated rings. The van der Waals surface area contributed by atoms with Crippen molar-refractivity contribution in [1.29, 1.82) is 10.5 Å². The van der Waals surface area contributed by atoms with E-state index in [1.165, 1.54) is 11.8 Å². The molecule has 0 unspecified atom stereocenters. The second-order valence-electron chi connectivity index (χ2n) is 5.19. The van der Waals surface area contributed by atoms with Gasteiger partial charge < -0.3 is 4.74 Å². The van der Waals surface area contributed by atoms with Gasteiger partial charge in [0.25, 0.3) is 5.56 Å². The van der Waals surface area contributed by atoms with Crippen molar-refractivity contribution in [1.82, 2.24) is 9.55 Å². The molecule has 0 bridgehead atoms. The lowest BCUT2D eigenvalue weighted by Crippen LogP contribution is -2.25. The van der Waals surface area contributed by atoms with Crippen molar-refractivity contribution < 1.29 is 4.74 Å². The van der Waals surface area contributed by atoms with E-state index in [4.69, 9.17) is 10.00 Å². The second-order valence-corrected chi connectivity index (χ2v) is 6.18. The van der Waals surface area contributed by atoms with Gasteiger partial charge in [0.2, 0.25) is 0 Å². The van der Waals surface area contributed by atoms with E-state index in [9.17, 15) is 10.1 Å². The molecule has 6 nitrogen and oxygen atoms in total. The van der Waals surface area contributed by atoms with Gasteiger partial charge in [-0.2, -0.15) is 10.5 Å². The van der Waals surface area contributed by atoms with Crippen LogP contribution in [0.25, 0.3) is 10.9 Å². The van der Waals surface area contributed by atoms with Crippen LogP contribution in [0.4, 0.5) is 0 Å². The minimum atomic E-state index is -0.242. The summed E-state index contributed by atoms with van der Waals surface area (Å²) in [6.07, 6.45) is 0.871. The molecule has 2 aromatic rings. The Morgan fingerprint density at radius 3 is 2.88 bits per heavy atom.